The molecule has 0 spiro atoms. The summed E-state index contributed by atoms with van der Waals surface area (Å²) < 4.78 is 1.01. The highest BCUT2D eigenvalue weighted by molar-refractivity contribution is 9.10. The second-order valence-electron chi connectivity index (χ2n) is 5.28. The lowest BCUT2D eigenvalue weighted by molar-refractivity contribution is 0.0693. The van der Waals surface area contributed by atoms with Crippen molar-refractivity contribution in [2.24, 2.45) is 0 Å². The summed E-state index contributed by atoms with van der Waals surface area (Å²) in [6.07, 6.45) is 0. The van der Waals surface area contributed by atoms with Crippen LogP contribution in [0.4, 0.5) is 0 Å². The molecule has 2 aromatic rings. The molecule has 1 N–H and O–H groups in total. The molecule has 2 aromatic heterocycles. The van der Waals surface area contributed by atoms with Crippen LogP contribution in [-0.4, -0.2) is 16.1 Å². The number of pyridine rings is 1. The van der Waals surface area contributed by atoms with E-state index < -0.39 is 5.97 Å². The smallest absolute Gasteiger partial charge is 0.337 e. The molecule has 0 unspecified atom stereocenters. The molecule has 0 saturated carbocycles. The van der Waals surface area contributed by atoms with Gasteiger partial charge in [-0.05, 0) is 34.1 Å². The molecule has 0 aliphatic rings. The minimum absolute atomic E-state index is 0.270. The Morgan fingerprint density at radius 3 is 2.53 bits per heavy atom. The summed E-state index contributed by atoms with van der Waals surface area (Å²) in [6.45, 7) is 5.90. The number of carboxylic acids is 1. The first-order chi connectivity index (χ1) is 8.79. The van der Waals surface area contributed by atoms with Gasteiger partial charge in [0.25, 0.3) is 0 Å². The number of aromatic carboxylic acids is 1. The molecule has 3 nitrogen and oxygen atoms in total. The molecule has 100 valence electrons. The first kappa shape index (κ1) is 14.2. The monoisotopic (exact) mass is 339 g/mol. The normalized spacial score (nSPS) is 11.6. The van der Waals surface area contributed by atoms with Crippen LogP contribution in [-0.2, 0) is 5.41 Å². The van der Waals surface area contributed by atoms with Crippen LogP contribution in [0.15, 0.2) is 28.1 Å². The number of nitrogens with zero attached hydrogens (tertiary/aromatic N) is 1. The maximum absolute atomic E-state index is 11.3. The van der Waals surface area contributed by atoms with Crippen molar-refractivity contribution in [1.29, 1.82) is 0 Å². The van der Waals surface area contributed by atoms with Gasteiger partial charge in [-0.3, -0.25) is 4.98 Å². The lowest BCUT2D eigenvalue weighted by Crippen LogP contribution is -2.19. The predicted octanol–water partition coefficient (Wildman–Crippen LogP) is 4.57. The summed E-state index contributed by atoms with van der Waals surface area (Å²) in [4.78, 5) is 16.9. The Labute approximate surface area is 124 Å². The van der Waals surface area contributed by atoms with Gasteiger partial charge < -0.3 is 5.11 Å². The van der Waals surface area contributed by atoms with Crippen LogP contribution in [0.2, 0.25) is 0 Å². The first-order valence-corrected chi connectivity index (χ1v) is 7.45. The van der Waals surface area contributed by atoms with Crippen molar-refractivity contribution in [1.82, 2.24) is 4.98 Å². The molecule has 0 aromatic carbocycles. The van der Waals surface area contributed by atoms with E-state index in [1.54, 1.807) is 23.5 Å². The van der Waals surface area contributed by atoms with Crippen LogP contribution in [0.3, 0.4) is 0 Å². The molecule has 0 atom stereocenters. The fourth-order valence-corrected chi connectivity index (χ4v) is 3.19. The third-order valence-corrected chi connectivity index (χ3v) is 4.37. The first-order valence-electron chi connectivity index (χ1n) is 5.78. The highest BCUT2D eigenvalue weighted by atomic mass is 79.9. The van der Waals surface area contributed by atoms with E-state index in [1.165, 1.54) is 0 Å². The van der Waals surface area contributed by atoms with Crippen molar-refractivity contribution in [3.63, 3.8) is 0 Å². The van der Waals surface area contributed by atoms with Crippen molar-refractivity contribution in [2.75, 3.05) is 0 Å². The Balaban J connectivity index is 2.59. The second kappa shape index (κ2) is 5.06. The van der Waals surface area contributed by atoms with E-state index in [-0.39, 0.29) is 11.0 Å². The summed E-state index contributed by atoms with van der Waals surface area (Å²) in [6, 6.07) is 5.38. The third kappa shape index (κ3) is 3.04. The minimum Gasteiger partial charge on any atom is -0.478 e. The van der Waals surface area contributed by atoms with E-state index >= 15 is 0 Å². The summed E-state index contributed by atoms with van der Waals surface area (Å²) in [7, 11) is 0. The van der Waals surface area contributed by atoms with Gasteiger partial charge in [-0.25, -0.2) is 4.79 Å². The van der Waals surface area contributed by atoms with Gasteiger partial charge in [0, 0.05) is 15.3 Å². The van der Waals surface area contributed by atoms with Crippen LogP contribution in [0.25, 0.3) is 10.6 Å². The minimum atomic E-state index is -0.934. The Bertz CT molecular complexity index is 629. The van der Waals surface area contributed by atoms with Crippen LogP contribution < -0.4 is 0 Å². The largest absolute Gasteiger partial charge is 0.478 e. The highest BCUT2D eigenvalue weighted by Crippen LogP contribution is 2.32. The summed E-state index contributed by atoms with van der Waals surface area (Å²) in [5.74, 6) is -0.934. The fourth-order valence-electron chi connectivity index (χ4n) is 1.79. The zero-order valence-electron chi connectivity index (χ0n) is 10.9. The molecule has 0 aliphatic carbocycles. The van der Waals surface area contributed by atoms with Crippen molar-refractivity contribution in [3.8, 4) is 10.6 Å². The zero-order chi connectivity index (χ0) is 14.2. The van der Waals surface area contributed by atoms with Gasteiger partial charge >= 0.3 is 5.97 Å². The van der Waals surface area contributed by atoms with E-state index in [0.29, 0.717) is 5.69 Å². The maximum atomic E-state index is 11.3. The van der Waals surface area contributed by atoms with Gasteiger partial charge in [0.1, 0.15) is 0 Å². The number of thiophene rings is 1. The van der Waals surface area contributed by atoms with Crippen LogP contribution in [0, 0.1) is 0 Å². The number of carboxylic acid groups (broad SMARTS) is 1. The Morgan fingerprint density at radius 1 is 1.37 bits per heavy atom. The summed E-state index contributed by atoms with van der Waals surface area (Å²) in [5.41, 5.74) is 1.39. The topological polar surface area (TPSA) is 50.2 Å². The molecule has 0 radical (unpaired) electrons. The number of hydrogen-bond donors (Lipinski definition) is 1. The quantitative estimate of drug-likeness (QED) is 0.871. The van der Waals surface area contributed by atoms with E-state index in [1.807, 2.05) is 32.2 Å². The van der Waals surface area contributed by atoms with Gasteiger partial charge in [-0.15, -0.1) is 11.3 Å². The third-order valence-electron chi connectivity index (χ3n) is 2.66. The van der Waals surface area contributed by atoms with Gasteiger partial charge in [0.2, 0.25) is 0 Å². The molecule has 0 aliphatic heterocycles. The van der Waals surface area contributed by atoms with Gasteiger partial charge in [0.05, 0.1) is 21.8 Å². The highest BCUT2D eigenvalue weighted by Gasteiger charge is 2.24. The molecule has 2 heterocycles. The molecule has 2 rings (SSSR count). The number of aromatic nitrogens is 1. The molecule has 0 fully saturated rings. The molecule has 0 amide bonds. The van der Waals surface area contributed by atoms with Crippen LogP contribution >= 0.6 is 27.3 Å². The lowest BCUT2D eigenvalue weighted by Gasteiger charge is -2.20. The molecule has 19 heavy (non-hydrogen) atoms. The molecular formula is C14H14BrNO2S. The Morgan fingerprint density at radius 2 is 2.05 bits per heavy atom. The van der Waals surface area contributed by atoms with E-state index in [2.05, 4.69) is 20.9 Å². The number of carbonyl (C=O) groups is 1. The lowest BCUT2D eigenvalue weighted by atomic mass is 9.88. The Kier molecular flexibility index (Phi) is 3.78. The van der Waals surface area contributed by atoms with Gasteiger partial charge in [0.15, 0.2) is 0 Å². The van der Waals surface area contributed by atoms with E-state index in [9.17, 15) is 9.90 Å². The molecule has 0 saturated heterocycles. The zero-order valence-corrected chi connectivity index (χ0v) is 13.3. The maximum Gasteiger partial charge on any atom is 0.337 e. The summed E-state index contributed by atoms with van der Waals surface area (Å²) >= 11 is 4.99. The van der Waals surface area contributed by atoms with Crippen LogP contribution in [0.1, 0.15) is 36.8 Å². The number of hydrogen-bond acceptors (Lipinski definition) is 3. The van der Waals surface area contributed by atoms with Crippen molar-refractivity contribution >= 4 is 33.2 Å². The Hall–Kier alpha value is -1.20. The van der Waals surface area contributed by atoms with Crippen molar-refractivity contribution in [2.45, 2.75) is 26.2 Å². The molecule has 5 heteroatoms. The SMILES string of the molecule is CC(C)(C)c1nc(-c2cc(Br)cs2)ccc1C(=O)O. The van der Waals surface area contributed by atoms with Crippen LogP contribution in [0.5, 0.6) is 0 Å². The average Bonchev–Trinajstić information content (AvgIpc) is 2.74. The van der Waals surface area contributed by atoms with Crippen molar-refractivity contribution in [3.05, 3.63) is 39.3 Å². The van der Waals surface area contributed by atoms with Gasteiger partial charge in [-0.1, -0.05) is 20.8 Å². The van der Waals surface area contributed by atoms with E-state index in [4.69, 9.17) is 0 Å². The fraction of sp³-hybridized carbons (Fsp3) is 0.286. The molecule has 0 bridgehead atoms. The second-order valence-corrected chi connectivity index (χ2v) is 7.10. The molecular weight excluding hydrogens is 326 g/mol. The van der Waals surface area contributed by atoms with E-state index in [0.717, 1.165) is 15.0 Å². The number of halogens is 1. The predicted molar refractivity (Wildman–Crippen MR) is 80.9 cm³/mol. The average molecular weight is 340 g/mol. The van der Waals surface area contributed by atoms with Gasteiger partial charge in [-0.2, -0.15) is 0 Å². The standard InChI is InChI=1S/C14H14BrNO2S/c1-14(2,3)12-9(13(17)18)4-5-10(16-12)11-6-8(15)7-19-11/h4-7H,1-3H3,(H,17,18). The number of rotatable bonds is 2. The summed E-state index contributed by atoms with van der Waals surface area (Å²) in [5, 5.41) is 11.2. The van der Waals surface area contributed by atoms with Crippen molar-refractivity contribution < 1.29 is 9.90 Å².